The normalized spacial score (nSPS) is 15.3. The van der Waals surface area contributed by atoms with Crippen LogP contribution in [0.25, 0.3) is 11.4 Å². The number of nitrogens with one attached hydrogen (secondary N) is 1. The van der Waals surface area contributed by atoms with Crippen molar-refractivity contribution in [1.82, 2.24) is 20.3 Å². The summed E-state index contributed by atoms with van der Waals surface area (Å²) in [6.07, 6.45) is 5.36. The van der Waals surface area contributed by atoms with Gasteiger partial charge < -0.3 is 16.0 Å². The van der Waals surface area contributed by atoms with Gasteiger partial charge in [0.25, 0.3) is 5.91 Å². The number of aromatic nitrogens is 3. The third kappa shape index (κ3) is 3.29. The van der Waals surface area contributed by atoms with Crippen molar-refractivity contribution in [2.45, 2.75) is 18.9 Å². The predicted molar refractivity (Wildman–Crippen MR) is 88.1 cm³/mol. The van der Waals surface area contributed by atoms with E-state index in [1.165, 1.54) is 0 Å². The highest BCUT2D eigenvalue weighted by Crippen LogP contribution is 2.23. The zero-order chi connectivity index (χ0) is 16.2. The van der Waals surface area contributed by atoms with Crippen LogP contribution in [-0.2, 0) is 0 Å². The molecule has 3 heterocycles. The summed E-state index contributed by atoms with van der Waals surface area (Å²) >= 11 is 0. The number of hydrogen-bond acceptors (Lipinski definition) is 6. The van der Waals surface area contributed by atoms with Gasteiger partial charge >= 0.3 is 0 Å². The fraction of sp³-hybridized carbons (Fsp3) is 0.375. The molecule has 2 aromatic heterocycles. The average Bonchev–Trinajstić information content (AvgIpc) is 2.62. The molecule has 120 valence electrons. The van der Waals surface area contributed by atoms with E-state index in [1.807, 2.05) is 19.2 Å². The summed E-state index contributed by atoms with van der Waals surface area (Å²) in [6.45, 7) is 1.99. The summed E-state index contributed by atoms with van der Waals surface area (Å²) in [5, 5.41) is 3.35. The number of rotatable bonds is 4. The smallest absolute Gasteiger partial charge is 0.269 e. The van der Waals surface area contributed by atoms with E-state index in [4.69, 9.17) is 5.73 Å². The van der Waals surface area contributed by atoms with Crippen molar-refractivity contribution >= 4 is 11.7 Å². The molecule has 0 spiro atoms. The maximum Gasteiger partial charge on any atom is 0.269 e. The monoisotopic (exact) mass is 312 g/mol. The Morgan fingerprint density at radius 2 is 2.09 bits per heavy atom. The highest BCUT2D eigenvalue weighted by molar-refractivity contribution is 5.96. The van der Waals surface area contributed by atoms with Gasteiger partial charge in [-0.15, -0.1) is 0 Å². The molecule has 3 N–H and O–H groups in total. The van der Waals surface area contributed by atoms with E-state index in [2.05, 4.69) is 25.2 Å². The topological polar surface area (TPSA) is 97.0 Å². The van der Waals surface area contributed by atoms with Crippen molar-refractivity contribution in [1.29, 1.82) is 0 Å². The Balaban J connectivity index is 1.98. The Morgan fingerprint density at radius 1 is 1.30 bits per heavy atom. The van der Waals surface area contributed by atoms with E-state index in [0.29, 0.717) is 17.4 Å². The van der Waals surface area contributed by atoms with Gasteiger partial charge in [-0.2, -0.15) is 0 Å². The number of hydrogen-bond donors (Lipinski definition) is 2. The first-order chi connectivity index (χ1) is 11.2. The number of carbonyl (C=O) groups excluding carboxylic acids is 1. The SMILES string of the molecule is CN(c1cnc(C(N)=O)c(-c2ccccn2)n1)C1CCNCC1. The number of nitrogens with two attached hydrogens (primary N) is 1. The van der Waals surface area contributed by atoms with Gasteiger partial charge in [-0.25, -0.2) is 9.97 Å². The second-order valence-electron chi connectivity index (χ2n) is 5.60. The lowest BCUT2D eigenvalue weighted by molar-refractivity contribution is 0.0996. The number of pyridine rings is 1. The van der Waals surface area contributed by atoms with E-state index >= 15 is 0 Å². The molecule has 2 aromatic rings. The molecule has 7 nitrogen and oxygen atoms in total. The van der Waals surface area contributed by atoms with E-state index in [1.54, 1.807) is 18.5 Å². The predicted octanol–water partition coefficient (Wildman–Crippen LogP) is 0.826. The Hall–Kier alpha value is -2.54. The molecule has 7 heteroatoms. The summed E-state index contributed by atoms with van der Waals surface area (Å²) in [5.74, 6) is 0.122. The van der Waals surface area contributed by atoms with Crippen molar-refractivity contribution in [3.63, 3.8) is 0 Å². The van der Waals surface area contributed by atoms with Crippen LogP contribution in [0.3, 0.4) is 0 Å². The molecule has 0 aromatic carbocycles. The number of piperidine rings is 1. The molecule has 0 saturated carbocycles. The fourth-order valence-corrected chi connectivity index (χ4v) is 2.79. The van der Waals surface area contributed by atoms with Gasteiger partial charge in [0.05, 0.1) is 11.9 Å². The summed E-state index contributed by atoms with van der Waals surface area (Å²) in [5.41, 5.74) is 6.59. The van der Waals surface area contributed by atoms with Gasteiger partial charge in [0.15, 0.2) is 5.69 Å². The standard InChI is InChI=1S/C16H20N6O/c1-22(11-5-8-18-9-6-11)13-10-20-15(16(17)23)14(21-13)12-4-2-3-7-19-12/h2-4,7,10-11,18H,5-6,8-9H2,1H3,(H2,17,23). The Bertz CT molecular complexity index is 684. The maximum absolute atomic E-state index is 11.6. The third-order valence-corrected chi connectivity index (χ3v) is 4.12. The van der Waals surface area contributed by atoms with Gasteiger partial charge in [0, 0.05) is 19.3 Å². The molecule has 1 aliphatic heterocycles. The zero-order valence-corrected chi connectivity index (χ0v) is 13.1. The minimum absolute atomic E-state index is 0.145. The maximum atomic E-state index is 11.6. The summed E-state index contributed by atoms with van der Waals surface area (Å²) < 4.78 is 0. The minimum atomic E-state index is -0.603. The van der Waals surface area contributed by atoms with Gasteiger partial charge in [-0.1, -0.05) is 6.07 Å². The number of amides is 1. The molecule has 1 fully saturated rings. The third-order valence-electron chi connectivity index (χ3n) is 4.12. The van der Waals surface area contributed by atoms with Crippen molar-refractivity contribution < 1.29 is 4.79 Å². The van der Waals surface area contributed by atoms with Crippen LogP contribution >= 0.6 is 0 Å². The van der Waals surface area contributed by atoms with Crippen molar-refractivity contribution in [2.24, 2.45) is 5.73 Å². The molecule has 1 saturated heterocycles. The van der Waals surface area contributed by atoms with E-state index < -0.39 is 5.91 Å². The highest BCUT2D eigenvalue weighted by atomic mass is 16.1. The van der Waals surface area contributed by atoms with Crippen LogP contribution in [0.2, 0.25) is 0 Å². The van der Waals surface area contributed by atoms with E-state index in [9.17, 15) is 4.79 Å². The molecular formula is C16H20N6O. The minimum Gasteiger partial charge on any atom is -0.364 e. The van der Waals surface area contributed by atoms with Crippen LogP contribution < -0.4 is 16.0 Å². The fourth-order valence-electron chi connectivity index (χ4n) is 2.79. The summed E-state index contributed by atoms with van der Waals surface area (Å²) in [6, 6.07) is 5.86. The molecular weight excluding hydrogens is 292 g/mol. The van der Waals surface area contributed by atoms with Gasteiger partial charge in [-0.3, -0.25) is 9.78 Å². The lowest BCUT2D eigenvalue weighted by atomic mass is 10.1. The number of anilines is 1. The first-order valence-electron chi connectivity index (χ1n) is 7.68. The van der Waals surface area contributed by atoms with Crippen LogP contribution in [0.5, 0.6) is 0 Å². The molecule has 0 bridgehead atoms. The molecule has 0 radical (unpaired) electrons. The highest BCUT2D eigenvalue weighted by Gasteiger charge is 2.22. The molecule has 1 amide bonds. The van der Waals surface area contributed by atoms with Crippen LogP contribution in [0, 0.1) is 0 Å². The van der Waals surface area contributed by atoms with Crippen molar-refractivity contribution in [3.8, 4) is 11.4 Å². The second-order valence-corrected chi connectivity index (χ2v) is 5.60. The lowest BCUT2D eigenvalue weighted by Gasteiger charge is -2.32. The molecule has 23 heavy (non-hydrogen) atoms. The Morgan fingerprint density at radius 3 is 2.74 bits per heavy atom. The van der Waals surface area contributed by atoms with Crippen LogP contribution in [0.15, 0.2) is 30.6 Å². The summed E-state index contributed by atoms with van der Waals surface area (Å²) in [4.78, 5) is 26.9. The molecule has 0 atom stereocenters. The van der Waals surface area contributed by atoms with Crippen LogP contribution in [0.1, 0.15) is 23.3 Å². The molecule has 0 aliphatic carbocycles. The summed E-state index contributed by atoms with van der Waals surface area (Å²) in [7, 11) is 2.01. The van der Waals surface area contributed by atoms with Crippen molar-refractivity contribution in [2.75, 3.05) is 25.0 Å². The molecule has 0 unspecified atom stereocenters. The Kier molecular flexibility index (Phi) is 4.47. The number of carbonyl (C=O) groups is 1. The first kappa shape index (κ1) is 15.4. The van der Waals surface area contributed by atoms with Crippen LogP contribution in [0.4, 0.5) is 5.82 Å². The number of primary amides is 1. The van der Waals surface area contributed by atoms with Gasteiger partial charge in [0.2, 0.25) is 0 Å². The van der Waals surface area contributed by atoms with E-state index in [0.717, 1.165) is 31.7 Å². The van der Waals surface area contributed by atoms with Gasteiger partial charge in [0.1, 0.15) is 11.5 Å². The quantitative estimate of drug-likeness (QED) is 0.868. The van der Waals surface area contributed by atoms with Crippen molar-refractivity contribution in [3.05, 3.63) is 36.3 Å². The Labute approximate surface area is 135 Å². The van der Waals surface area contributed by atoms with Gasteiger partial charge in [-0.05, 0) is 38.1 Å². The second kappa shape index (κ2) is 6.70. The lowest BCUT2D eigenvalue weighted by Crippen LogP contribution is -2.41. The van der Waals surface area contributed by atoms with Crippen LogP contribution in [-0.4, -0.2) is 47.0 Å². The molecule has 1 aliphatic rings. The molecule has 3 rings (SSSR count). The first-order valence-corrected chi connectivity index (χ1v) is 7.68. The van der Waals surface area contributed by atoms with E-state index in [-0.39, 0.29) is 5.69 Å². The number of nitrogens with zero attached hydrogens (tertiary/aromatic N) is 4. The zero-order valence-electron chi connectivity index (χ0n) is 13.1. The largest absolute Gasteiger partial charge is 0.364 e. The average molecular weight is 312 g/mol.